The zero-order chi connectivity index (χ0) is 18.4. The highest BCUT2D eigenvalue weighted by atomic mass is 32.1. The second kappa shape index (κ2) is 7.27. The van der Waals surface area contributed by atoms with Crippen LogP contribution in [0.25, 0.3) is 0 Å². The molecule has 4 fully saturated rings. The molecule has 4 rings (SSSR count). The zero-order valence-electron chi connectivity index (χ0n) is 15.5. The van der Waals surface area contributed by atoms with E-state index in [0.717, 1.165) is 48.5 Å². The number of hydrogen-bond donors (Lipinski definition) is 0. The van der Waals surface area contributed by atoms with Crippen LogP contribution in [0.3, 0.4) is 0 Å². The maximum absolute atomic E-state index is 12.8. The van der Waals surface area contributed by atoms with Gasteiger partial charge in [-0.2, -0.15) is 0 Å². The molecule has 2 saturated carbocycles. The highest BCUT2D eigenvalue weighted by Gasteiger charge is 2.47. The molecular weight excluding hydrogens is 364 g/mol. The van der Waals surface area contributed by atoms with E-state index in [9.17, 15) is 9.59 Å². The Morgan fingerprint density at radius 3 is 1.46 bits per heavy atom. The predicted octanol–water partition coefficient (Wildman–Crippen LogP) is 3.57. The zero-order valence-corrected chi connectivity index (χ0v) is 17.1. The summed E-state index contributed by atoms with van der Waals surface area (Å²) in [5.74, 6) is 1.39. The van der Waals surface area contributed by atoms with Crippen LogP contribution in [0.5, 0.6) is 0 Å². The van der Waals surface area contributed by atoms with Crippen LogP contribution in [0.4, 0.5) is 0 Å². The van der Waals surface area contributed by atoms with Crippen molar-refractivity contribution in [3.63, 3.8) is 0 Å². The summed E-state index contributed by atoms with van der Waals surface area (Å²) < 4.78 is 0. The Kier molecular flexibility index (Phi) is 5.17. The molecule has 4 unspecified atom stereocenters. The van der Waals surface area contributed by atoms with Gasteiger partial charge in [0.25, 0.3) is 0 Å². The highest BCUT2D eigenvalue weighted by Crippen LogP contribution is 2.40. The van der Waals surface area contributed by atoms with Crippen molar-refractivity contribution in [1.29, 1.82) is 0 Å². The number of thiocarbonyl (C=S) groups is 2. The number of hydrogen-bond acceptors (Lipinski definition) is 4. The molecule has 0 aromatic heterocycles. The largest absolute Gasteiger partial charge is 0.306 e. The summed E-state index contributed by atoms with van der Waals surface area (Å²) >= 11 is 11.3. The minimum Gasteiger partial charge on any atom is -0.306 e. The number of fused-ring (bicyclic) bond motifs is 2. The Bertz CT molecular complexity index is 548. The van der Waals surface area contributed by atoms with Crippen molar-refractivity contribution in [1.82, 2.24) is 9.80 Å². The quantitative estimate of drug-likeness (QED) is 0.686. The first kappa shape index (κ1) is 18.5. The van der Waals surface area contributed by atoms with Crippen molar-refractivity contribution in [2.45, 2.75) is 58.3 Å². The molecule has 2 aliphatic carbocycles. The van der Waals surface area contributed by atoms with E-state index in [4.69, 9.17) is 24.4 Å². The Morgan fingerprint density at radius 1 is 0.769 bits per heavy atom. The standard InChI is InChI=1S/C20H28N2O2S2/c1-12(10-21-17(23)13-6-2-4-8-15(13)19(21)25)11-22-18(24)14-7-3-5-9-16(14)20(22)26/h12-16H,2-11H2,1H3. The van der Waals surface area contributed by atoms with E-state index in [2.05, 4.69) is 6.92 Å². The van der Waals surface area contributed by atoms with Crippen LogP contribution in [-0.4, -0.2) is 44.7 Å². The van der Waals surface area contributed by atoms with Gasteiger partial charge < -0.3 is 9.80 Å². The van der Waals surface area contributed by atoms with Crippen LogP contribution >= 0.6 is 24.4 Å². The molecule has 2 amide bonds. The van der Waals surface area contributed by atoms with Gasteiger partial charge in [0, 0.05) is 36.8 Å². The molecule has 26 heavy (non-hydrogen) atoms. The van der Waals surface area contributed by atoms with E-state index in [-0.39, 0.29) is 41.4 Å². The molecule has 0 N–H and O–H groups in total. The topological polar surface area (TPSA) is 40.6 Å². The van der Waals surface area contributed by atoms with Crippen LogP contribution in [-0.2, 0) is 9.59 Å². The van der Waals surface area contributed by atoms with Crippen LogP contribution in [0.15, 0.2) is 0 Å². The fourth-order valence-electron chi connectivity index (χ4n) is 5.50. The maximum Gasteiger partial charge on any atom is 0.231 e. The second-order valence-electron chi connectivity index (χ2n) is 8.67. The van der Waals surface area contributed by atoms with Gasteiger partial charge in [-0.15, -0.1) is 0 Å². The van der Waals surface area contributed by atoms with Gasteiger partial charge in [-0.05, 0) is 31.6 Å². The highest BCUT2D eigenvalue weighted by molar-refractivity contribution is 7.80. The lowest BCUT2D eigenvalue weighted by molar-refractivity contribution is -0.131. The van der Waals surface area contributed by atoms with Gasteiger partial charge >= 0.3 is 0 Å². The predicted molar refractivity (Wildman–Crippen MR) is 109 cm³/mol. The molecule has 2 aliphatic heterocycles. The van der Waals surface area contributed by atoms with Gasteiger partial charge in [-0.1, -0.05) is 57.0 Å². The first-order valence-electron chi connectivity index (χ1n) is 10.2. The van der Waals surface area contributed by atoms with E-state index in [1.165, 1.54) is 12.8 Å². The van der Waals surface area contributed by atoms with Crippen molar-refractivity contribution in [2.24, 2.45) is 29.6 Å². The van der Waals surface area contributed by atoms with Crippen molar-refractivity contribution in [2.75, 3.05) is 13.1 Å². The van der Waals surface area contributed by atoms with Crippen molar-refractivity contribution in [3.05, 3.63) is 0 Å². The molecule has 0 aromatic carbocycles. The first-order valence-corrected chi connectivity index (χ1v) is 11.0. The smallest absolute Gasteiger partial charge is 0.231 e. The van der Waals surface area contributed by atoms with Gasteiger partial charge in [0.15, 0.2) is 0 Å². The molecule has 4 atom stereocenters. The fourth-order valence-corrected chi connectivity index (χ4v) is 6.40. The van der Waals surface area contributed by atoms with E-state index in [1.807, 2.05) is 9.80 Å². The summed E-state index contributed by atoms with van der Waals surface area (Å²) in [6.45, 7) is 3.34. The van der Waals surface area contributed by atoms with Gasteiger partial charge in [0.05, 0.1) is 9.98 Å². The number of carbonyl (C=O) groups excluding carboxylic acids is 2. The van der Waals surface area contributed by atoms with E-state index in [0.29, 0.717) is 13.1 Å². The number of amides is 2. The van der Waals surface area contributed by atoms with Crippen molar-refractivity contribution in [3.8, 4) is 0 Å². The van der Waals surface area contributed by atoms with Gasteiger partial charge in [0.2, 0.25) is 11.8 Å². The molecule has 0 bridgehead atoms. The Morgan fingerprint density at radius 2 is 1.12 bits per heavy atom. The Balaban J connectivity index is 1.40. The van der Waals surface area contributed by atoms with E-state index in [1.54, 1.807) is 0 Å². The maximum atomic E-state index is 12.8. The molecule has 2 saturated heterocycles. The van der Waals surface area contributed by atoms with E-state index >= 15 is 0 Å². The number of carbonyl (C=O) groups is 2. The third-order valence-corrected chi connectivity index (χ3v) is 7.90. The second-order valence-corrected chi connectivity index (χ2v) is 9.51. The molecule has 6 heteroatoms. The lowest BCUT2D eigenvalue weighted by Crippen LogP contribution is -2.40. The Labute approximate surface area is 166 Å². The summed E-state index contributed by atoms with van der Waals surface area (Å²) in [6.07, 6.45) is 8.70. The average Bonchev–Trinajstić information content (AvgIpc) is 3.03. The molecule has 4 nitrogen and oxygen atoms in total. The van der Waals surface area contributed by atoms with Gasteiger partial charge in [0.1, 0.15) is 0 Å². The minimum atomic E-state index is 0.112. The minimum absolute atomic E-state index is 0.112. The molecule has 142 valence electrons. The van der Waals surface area contributed by atoms with Gasteiger partial charge in [-0.25, -0.2) is 0 Å². The third kappa shape index (κ3) is 3.03. The summed E-state index contributed by atoms with van der Waals surface area (Å²) in [5, 5.41) is 0. The monoisotopic (exact) mass is 392 g/mol. The van der Waals surface area contributed by atoms with Gasteiger partial charge in [-0.3, -0.25) is 9.59 Å². The first-order chi connectivity index (χ1) is 12.5. The molecule has 0 aromatic rings. The lowest BCUT2D eigenvalue weighted by atomic mass is 9.81. The van der Waals surface area contributed by atoms with Crippen molar-refractivity contribution >= 4 is 46.2 Å². The molecule has 0 spiro atoms. The third-order valence-electron chi connectivity index (χ3n) is 6.85. The molecule has 2 heterocycles. The fraction of sp³-hybridized carbons (Fsp3) is 0.800. The number of nitrogens with zero attached hydrogens (tertiary/aromatic N) is 2. The summed E-state index contributed by atoms with van der Waals surface area (Å²) in [6, 6.07) is 0. The number of likely N-dealkylation sites (tertiary alicyclic amines) is 2. The summed E-state index contributed by atoms with van der Waals surface area (Å²) in [5.41, 5.74) is 0. The van der Waals surface area contributed by atoms with Crippen LogP contribution in [0.1, 0.15) is 58.3 Å². The SMILES string of the molecule is CC(CN1C(=O)C2CCCCC2C1=S)CN1C(=O)C2CCCCC2C1=S. The lowest BCUT2D eigenvalue weighted by Gasteiger charge is -2.26. The van der Waals surface area contributed by atoms with Crippen LogP contribution < -0.4 is 0 Å². The number of rotatable bonds is 4. The van der Waals surface area contributed by atoms with Crippen molar-refractivity contribution < 1.29 is 9.59 Å². The van der Waals surface area contributed by atoms with E-state index < -0.39 is 0 Å². The summed E-state index contributed by atoms with van der Waals surface area (Å²) in [7, 11) is 0. The van der Waals surface area contributed by atoms with Crippen LogP contribution in [0, 0.1) is 29.6 Å². The molecule has 4 aliphatic rings. The molecular formula is C20H28N2O2S2. The molecule has 0 radical (unpaired) electrons. The average molecular weight is 393 g/mol. The normalized spacial score (nSPS) is 35.7. The Hall–Kier alpha value is -0.880. The van der Waals surface area contributed by atoms with Crippen LogP contribution in [0.2, 0.25) is 0 Å². The summed E-state index contributed by atoms with van der Waals surface area (Å²) in [4.78, 5) is 31.0.